The van der Waals surface area contributed by atoms with Gasteiger partial charge in [-0.3, -0.25) is 4.79 Å². The second kappa shape index (κ2) is 9.30. The second-order valence-electron chi connectivity index (χ2n) is 7.68. The van der Waals surface area contributed by atoms with Crippen LogP contribution >= 0.6 is 11.6 Å². The fourth-order valence-corrected chi connectivity index (χ4v) is 3.58. The summed E-state index contributed by atoms with van der Waals surface area (Å²) in [6.07, 6.45) is 1.13. The fraction of sp³-hybridized carbons (Fsp3) is 0.391. The van der Waals surface area contributed by atoms with Crippen molar-refractivity contribution in [3.05, 3.63) is 58.6 Å². The van der Waals surface area contributed by atoms with Crippen molar-refractivity contribution >= 4 is 23.2 Å². The Morgan fingerprint density at radius 2 is 1.93 bits per heavy atom. The van der Waals surface area contributed by atoms with Crippen LogP contribution in [0.5, 0.6) is 5.75 Å². The zero-order valence-corrected chi connectivity index (χ0v) is 17.5. The molecule has 0 atom stereocenters. The molecule has 1 aliphatic heterocycles. The molecule has 2 aromatic carbocycles. The number of carbonyl (C=O) groups excluding carboxylic acids is 1. The molecule has 29 heavy (non-hydrogen) atoms. The van der Waals surface area contributed by atoms with E-state index in [1.807, 2.05) is 12.1 Å². The third-order valence-corrected chi connectivity index (χ3v) is 5.37. The standard InChI is InChI=1S/C23H25ClN2O3/c1-16(2)15-29-20-7-8-21(17(13-20)14-25)26-22(27)23(9-11-28-12-10-23)18-3-5-19(24)6-4-18/h3-8,13,16H,9-12,15H2,1-2H3,(H,26,27). The average Bonchev–Trinajstić information content (AvgIpc) is 2.73. The van der Waals surface area contributed by atoms with E-state index in [1.54, 1.807) is 30.3 Å². The Hall–Kier alpha value is -2.55. The maximum absolute atomic E-state index is 13.4. The van der Waals surface area contributed by atoms with Gasteiger partial charge in [-0.15, -0.1) is 0 Å². The number of hydrogen-bond donors (Lipinski definition) is 1. The molecule has 0 unspecified atom stereocenters. The molecule has 0 spiro atoms. The van der Waals surface area contributed by atoms with Crippen molar-refractivity contribution in [2.45, 2.75) is 32.1 Å². The Bertz CT molecular complexity index is 897. The lowest BCUT2D eigenvalue weighted by molar-refractivity contribution is -0.125. The third kappa shape index (κ3) is 4.90. The summed E-state index contributed by atoms with van der Waals surface area (Å²) >= 11 is 6.03. The molecule has 5 nitrogen and oxygen atoms in total. The van der Waals surface area contributed by atoms with Gasteiger partial charge in [0, 0.05) is 18.2 Å². The zero-order chi connectivity index (χ0) is 20.9. The molecule has 1 amide bonds. The monoisotopic (exact) mass is 412 g/mol. The third-order valence-electron chi connectivity index (χ3n) is 5.12. The largest absolute Gasteiger partial charge is 0.493 e. The van der Waals surface area contributed by atoms with E-state index in [0.29, 0.717) is 60.6 Å². The van der Waals surface area contributed by atoms with Crippen LogP contribution in [0.2, 0.25) is 5.02 Å². The van der Waals surface area contributed by atoms with Gasteiger partial charge >= 0.3 is 0 Å². The highest BCUT2D eigenvalue weighted by atomic mass is 35.5. The summed E-state index contributed by atoms with van der Waals surface area (Å²) in [4.78, 5) is 13.4. The van der Waals surface area contributed by atoms with Crippen LogP contribution in [-0.2, 0) is 14.9 Å². The van der Waals surface area contributed by atoms with Gasteiger partial charge in [0.1, 0.15) is 11.8 Å². The molecular weight excluding hydrogens is 388 g/mol. The van der Waals surface area contributed by atoms with Crippen molar-refractivity contribution in [1.29, 1.82) is 5.26 Å². The summed E-state index contributed by atoms with van der Waals surface area (Å²) in [6.45, 7) is 5.69. The van der Waals surface area contributed by atoms with Crippen LogP contribution < -0.4 is 10.1 Å². The number of carbonyl (C=O) groups is 1. The van der Waals surface area contributed by atoms with Gasteiger partial charge in [0.2, 0.25) is 5.91 Å². The minimum absolute atomic E-state index is 0.143. The van der Waals surface area contributed by atoms with Crippen LogP contribution in [0.25, 0.3) is 0 Å². The summed E-state index contributed by atoms with van der Waals surface area (Å²) in [5, 5.41) is 13.2. The minimum atomic E-state index is -0.720. The zero-order valence-electron chi connectivity index (χ0n) is 16.7. The smallest absolute Gasteiger partial charge is 0.235 e. The number of rotatable bonds is 6. The SMILES string of the molecule is CC(C)COc1ccc(NC(=O)C2(c3ccc(Cl)cc3)CCOCC2)c(C#N)c1. The predicted octanol–water partition coefficient (Wildman–Crippen LogP) is 4.93. The van der Waals surface area contributed by atoms with E-state index >= 15 is 0 Å². The highest BCUT2D eigenvalue weighted by molar-refractivity contribution is 6.30. The molecule has 0 bridgehead atoms. The fourth-order valence-electron chi connectivity index (χ4n) is 3.46. The van der Waals surface area contributed by atoms with Crippen LogP contribution in [-0.4, -0.2) is 25.7 Å². The molecule has 152 valence electrons. The quantitative estimate of drug-likeness (QED) is 0.729. The molecule has 1 saturated heterocycles. The van der Waals surface area contributed by atoms with Gasteiger partial charge in [0.05, 0.1) is 23.3 Å². The van der Waals surface area contributed by atoms with Crippen molar-refractivity contribution in [3.8, 4) is 11.8 Å². The lowest BCUT2D eigenvalue weighted by Gasteiger charge is -2.36. The molecular formula is C23H25ClN2O3. The summed E-state index contributed by atoms with van der Waals surface area (Å²) < 4.78 is 11.2. The predicted molar refractivity (Wildman–Crippen MR) is 113 cm³/mol. The van der Waals surface area contributed by atoms with E-state index in [0.717, 1.165) is 5.56 Å². The first-order chi connectivity index (χ1) is 13.9. The molecule has 3 rings (SSSR count). The van der Waals surface area contributed by atoms with Crippen molar-refractivity contribution in [2.24, 2.45) is 5.92 Å². The maximum Gasteiger partial charge on any atom is 0.235 e. The Labute approximate surface area is 176 Å². The van der Waals surface area contributed by atoms with Crippen LogP contribution in [0, 0.1) is 17.2 Å². The molecule has 0 aromatic heterocycles. The van der Waals surface area contributed by atoms with Gasteiger partial charge in [-0.05, 0) is 54.7 Å². The second-order valence-corrected chi connectivity index (χ2v) is 8.12. The van der Waals surface area contributed by atoms with Gasteiger partial charge in [0.25, 0.3) is 0 Å². The Morgan fingerprint density at radius 3 is 2.55 bits per heavy atom. The Kier molecular flexibility index (Phi) is 6.79. The van der Waals surface area contributed by atoms with E-state index in [9.17, 15) is 10.1 Å². The van der Waals surface area contributed by atoms with Crippen LogP contribution in [0.3, 0.4) is 0 Å². The molecule has 1 fully saturated rings. The minimum Gasteiger partial charge on any atom is -0.493 e. The van der Waals surface area contributed by atoms with Crippen LogP contribution in [0.4, 0.5) is 5.69 Å². The Morgan fingerprint density at radius 1 is 1.24 bits per heavy atom. The summed E-state index contributed by atoms with van der Waals surface area (Å²) in [5.74, 6) is 0.856. The summed E-state index contributed by atoms with van der Waals surface area (Å²) in [5.41, 5.74) is 1.03. The van der Waals surface area contributed by atoms with Crippen LogP contribution in [0.15, 0.2) is 42.5 Å². The van der Waals surface area contributed by atoms with Crippen molar-refractivity contribution in [1.82, 2.24) is 0 Å². The number of benzene rings is 2. The number of amides is 1. The average molecular weight is 413 g/mol. The van der Waals surface area contributed by atoms with E-state index in [-0.39, 0.29) is 5.91 Å². The van der Waals surface area contributed by atoms with E-state index in [4.69, 9.17) is 21.1 Å². The molecule has 0 saturated carbocycles. The van der Waals surface area contributed by atoms with Gasteiger partial charge < -0.3 is 14.8 Å². The molecule has 2 aromatic rings. The molecule has 1 heterocycles. The number of nitriles is 1. The first-order valence-corrected chi connectivity index (χ1v) is 10.1. The molecule has 0 radical (unpaired) electrons. The molecule has 1 aliphatic rings. The van der Waals surface area contributed by atoms with Gasteiger partial charge in [-0.1, -0.05) is 37.6 Å². The first-order valence-electron chi connectivity index (χ1n) is 9.77. The number of halogens is 1. The van der Waals surface area contributed by atoms with E-state index < -0.39 is 5.41 Å². The normalized spacial score (nSPS) is 15.6. The van der Waals surface area contributed by atoms with Gasteiger partial charge in [0.15, 0.2) is 0 Å². The number of ether oxygens (including phenoxy) is 2. The summed E-state index contributed by atoms with van der Waals surface area (Å²) in [7, 11) is 0. The number of anilines is 1. The molecule has 0 aliphatic carbocycles. The topological polar surface area (TPSA) is 71.3 Å². The Balaban J connectivity index is 1.86. The van der Waals surface area contributed by atoms with E-state index in [2.05, 4.69) is 25.2 Å². The number of nitrogens with zero attached hydrogens (tertiary/aromatic N) is 1. The number of nitrogens with one attached hydrogen (secondary N) is 1. The summed E-state index contributed by atoms with van der Waals surface area (Å²) in [6, 6.07) is 14.7. The van der Waals surface area contributed by atoms with E-state index in [1.165, 1.54) is 0 Å². The van der Waals surface area contributed by atoms with Crippen molar-refractivity contribution in [2.75, 3.05) is 25.1 Å². The molecule has 6 heteroatoms. The van der Waals surface area contributed by atoms with Crippen molar-refractivity contribution in [3.63, 3.8) is 0 Å². The van der Waals surface area contributed by atoms with Crippen LogP contribution in [0.1, 0.15) is 37.8 Å². The first kappa shape index (κ1) is 21.2. The molecule has 1 N–H and O–H groups in total. The lowest BCUT2D eigenvalue weighted by atomic mass is 9.73. The number of hydrogen-bond acceptors (Lipinski definition) is 4. The van der Waals surface area contributed by atoms with Crippen molar-refractivity contribution < 1.29 is 14.3 Å². The van der Waals surface area contributed by atoms with Gasteiger partial charge in [-0.25, -0.2) is 0 Å². The highest BCUT2D eigenvalue weighted by Gasteiger charge is 2.42. The maximum atomic E-state index is 13.4. The highest BCUT2D eigenvalue weighted by Crippen LogP contribution is 2.37. The lowest BCUT2D eigenvalue weighted by Crippen LogP contribution is -2.45. The van der Waals surface area contributed by atoms with Gasteiger partial charge in [-0.2, -0.15) is 5.26 Å².